The topological polar surface area (TPSA) is 52.0 Å². The molecule has 2 aromatic carbocycles. The third-order valence-corrected chi connectivity index (χ3v) is 4.59. The van der Waals surface area contributed by atoms with Crippen LogP contribution in [0, 0.1) is 0 Å². The van der Waals surface area contributed by atoms with Gasteiger partial charge in [-0.05, 0) is 47.7 Å². The van der Waals surface area contributed by atoms with Crippen LogP contribution < -0.4 is 11.5 Å². The fourth-order valence-corrected chi connectivity index (χ4v) is 3.74. The molecule has 0 aromatic heterocycles. The van der Waals surface area contributed by atoms with E-state index in [0.29, 0.717) is 0 Å². The van der Waals surface area contributed by atoms with Crippen molar-refractivity contribution in [2.24, 2.45) is 5.73 Å². The maximum atomic E-state index is 5.82. The zero-order chi connectivity index (χ0) is 15.7. The Kier molecular flexibility index (Phi) is 4.11. The minimum Gasteiger partial charge on any atom is -0.399 e. The summed E-state index contributed by atoms with van der Waals surface area (Å²) >= 11 is 0. The van der Waals surface area contributed by atoms with Gasteiger partial charge in [-0.1, -0.05) is 57.2 Å². The molecule has 112 valence electrons. The molecule has 2 aromatic rings. The summed E-state index contributed by atoms with van der Waals surface area (Å²) in [5.74, 6) is 0. The number of nitrogen functional groups attached to an aromatic ring is 1. The zero-order valence-corrected chi connectivity index (χ0v) is 13.5. The standard InChI is InChI=1S/C18H21N.CH5N/c1-17(2)12-18(3,13-8-10-14(19)11-9-13)16-7-5-4-6-15(16)17;1-2/h4-11H,12,19H2,1-3H3;2H2,1H3. The van der Waals surface area contributed by atoms with Crippen LogP contribution in [0.3, 0.4) is 0 Å². The summed E-state index contributed by atoms with van der Waals surface area (Å²) in [5, 5.41) is 0. The predicted molar refractivity (Wildman–Crippen MR) is 91.5 cm³/mol. The molecule has 0 saturated carbocycles. The van der Waals surface area contributed by atoms with E-state index in [0.717, 1.165) is 12.1 Å². The van der Waals surface area contributed by atoms with Gasteiger partial charge in [-0.2, -0.15) is 0 Å². The Balaban J connectivity index is 0.000000774. The van der Waals surface area contributed by atoms with Gasteiger partial charge in [0.15, 0.2) is 0 Å². The SMILES string of the molecule is CC1(C)CC(C)(c2ccc(N)cc2)c2ccccc21.CN. The molecule has 0 bridgehead atoms. The molecule has 1 atom stereocenters. The van der Waals surface area contributed by atoms with Crippen LogP contribution >= 0.6 is 0 Å². The van der Waals surface area contributed by atoms with Crippen molar-refractivity contribution in [3.8, 4) is 0 Å². The molecule has 0 radical (unpaired) electrons. The predicted octanol–water partition coefficient (Wildman–Crippen LogP) is 3.83. The van der Waals surface area contributed by atoms with Crippen molar-refractivity contribution in [3.05, 3.63) is 65.2 Å². The number of benzene rings is 2. The minimum absolute atomic E-state index is 0.0911. The second kappa shape index (κ2) is 5.53. The number of hydrogen-bond acceptors (Lipinski definition) is 2. The molecule has 0 aliphatic heterocycles. The third-order valence-electron chi connectivity index (χ3n) is 4.59. The summed E-state index contributed by atoms with van der Waals surface area (Å²) in [7, 11) is 1.50. The van der Waals surface area contributed by atoms with E-state index in [1.54, 1.807) is 0 Å². The van der Waals surface area contributed by atoms with Gasteiger partial charge >= 0.3 is 0 Å². The molecule has 4 N–H and O–H groups in total. The molecule has 21 heavy (non-hydrogen) atoms. The van der Waals surface area contributed by atoms with Crippen LogP contribution in [-0.2, 0) is 10.8 Å². The number of fused-ring (bicyclic) bond motifs is 1. The lowest BCUT2D eigenvalue weighted by molar-refractivity contribution is 0.425. The van der Waals surface area contributed by atoms with Gasteiger partial charge in [-0.15, -0.1) is 0 Å². The van der Waals surface area contributed by atoms with E-state index in [9.17, 15) is 0 Å². The van der Waals surface area contributed by atoms with E-state index in [1.165, 1.54) is 23.7 Å². The molecule has 0 saturated heterocycles. The van der Waals surface area contributed by atoms with Gasteiger partial charge in [0, 0.05) is 11.1 Å². The Labute approximate surface area is 128 Å². The lowest BCUT2D eigenvalue weighted by Crippen LogP contribution is -2.23. The van der Waals surface area contributed by atoms with Crippen LogP contribution in [0.15, 0.2) is 48.5 Å². The van der Waals surface area contributed by atoms with E-state index in [-0.39, 0.29) is 10.8 Å². The Morgan fingerprint density at radius 3 is 1.90 bits per heavy atom. The van der Waals surface area contributed by atoms with Crippen LogP contribution in [0.5, 0.6) is 0 Å². The second-order valence-electron chi connectivity index (χ2n) is 6.56. The average molecular weight is 282 g/mol. The molecule has 0 heterocycles. The van der Waals surface area contributed by atoms with E-state index >= 15 is 0 Å². The smallest absolute Gasteiger partial charge is 0.0314 e. The largest absolute Gasteiger partial charge is 0.399 e. The highest BCUT2D eigenvalue weighted by atomic mass is 14.5. The highest BCUT2D eigenvalue weighted by Gasteiger charge is 2.45. The van der Waals surface area contributed by atoms with E-state index in [2.05, 4.69) is 62.9 Å². The molecule has 2 nitrogen and oxygen atoms in total. The van der Waals surface area contributed by atoms with Crippen molar-refractivity contribution in [1.29, 1.82) is 0 Å². The average Bonchev–Trinajstić information content (AvgIpc) is 2.70. The fourth-order valence-electron chi connectivity index (χ4n) is 3.74. The van der Waals surface area contributed by atoms with E-state index < -0.39 is 0 Å². The molecule has 1 aliphatic rings. The first-order valence-electron chi connectivity index (χ1n) is 7.47. The van der Waals surface area contributed by atoms with Crippen molar-refractivity contribution in [2.45, 2.75) is 38.0 Å². The summed E-state index contributed by atoms with van der Waals surface area (Å²) in [4.78, 5) is 0. The first-order valence-corrected chi connectivity index (χ1v) is 7.47. The number of anilines is 1. The Bertz CT molecular complexity index is 614. The molecule has 3 rings (SSSR count). The second-order valence-corrected chi connectivity index (χ2v) is 6.56. The Morgan fingerprint density at radius 2 is 1.33 bits per heavy atom. The molecular weight excluding hydrogens is 256 g/mol. The van der Waals surface area contributed by atoms with Crippen molar-refractivity contribution in [1.82, 2.24) is 0 Å². The quantitative estimate of drug-likeness (QED) is 0.781. The summed E-state index contributed by atoms with van der Waals surface area (Å²) in [6, 6.07) is 17.2. The molecule has 0 amide bonds. The Morgan fingerprint density at radius 1 is 0.810 bits per heavy atom. The van der Waals surface area contributed by atoms with Crippen LogP contribution in [0.4, 0.5) is 5.69 Å². The summed E-state index contributed by atoms with van der Waals surface area (Å²) in [5.41, 5.74) is 15.8. The van der Waals surface area contributed by atoms with Crippen LogP contribution in [0.2, 0.25) is 0 Å². The lowest BCUT2D eigenvalue weighted by atomic mass is 9.75. The van der Waals surface area contributed by atoms with Gasteiger partial charge < -0.3 is 11.5 Å². The van der Waals surface area contributed by atoms with Crippen molar-refractivity contribution >= 4 is 5.69 Å². The first-order chi connectivity index (χ1) is 9.93. The van der Waals surface area contributed by atoms with Gasteiger partial charge in [0.25, 0.3) is 0 Å². The van der Waals surface area contributed by atoms with Gasteiger partial charge in [-0.3, -0.25) is 0 Å². The number of nitrogens with two attached hydrogens (primary N) is 2. The van der Waals surface area contributed by atoms with Gasteiger partial charge in [0.05, 0.1) is 0 Å². The molecule has 1 aliphatic carbocycles. The monoisotopic (exact) mass is 282 g/mol. The minimum atomic E-state index is 0.0911. The summed E-state index contributed by atoms with van der Waals surface area (Å²) in [6.07, 6.45) is 1.14. The highest BCUT2D eigenvalue weighted by molar-refractivity contribution is 5.53. The molecule has 1 unspecified atom stereocenters. The fraction of sp³-hybridized carbons (Fsp3) is 0.368. The zero-order valence-electron chi connectivity index (χ0n) is 13.5. The third kappa shape index (κ3) is 2.56. The van der Waals surface area contributed by atoms with Crippen LogP contribution in [0.1, 0.15) is 43.9 Å². The summed E-state index contributed by atoms with van der Waals surface area (Å²) in [6.45, 7) is 7.04. The van der Waals surface area contributed by atoms with Crippen molar-refractivity contribution in [2.75, 3.05) is 12.8 Å². The number of hydrogen-bond donors (Lipinski definition) is 2. The van der Waals surface area contributed by atoms with Gasteiger partial charge in [-0.25, -0.2) is 0 Å². The molecule has 0 spiro atoms. The van der Waals surface area contributed by atoms with Crippen molar-refractivity contribution < 1.29 is 0 Å². The van der Waals surface area contributed by atoms with Crippen molar-refractivity contribution in [3.63, 3.8) is 0 Å². The molecular formula is C19H26N2. The summed E-state index contributed by atoms with van der Waals surface area (Å²) < 4.78 is 0. The van der Waals surface area contributed by atoms with Crippen LogP contribution in [0.25, 0.3) is 0 Å². The van der Waals surface area contributed by atoms with Crippen LogP contribution in [-0.4, -0.2) is 7.05 Å². The van der Waals surface area contributed by atoms with Gasteiger partial charge in [0.2, 0.25) is 0 Å². The maximum absolute atomic E-state index is 5.82. The number of rotatable bonds is 1. The normalized spacial score (nSPS) is 22.1. The van der Waals surface area contributed by atoms with E-state index in [1.807, 2.05) is 12.1 Å². The van der Waals surface area contributed by atoms with E-state index in [4.69, 9.17) is 5.73 Å². The maximum Gasteiger partial charge on any atom is 0.0314 e. The van der Waals surface area contributed by atoms with Gasteiger partial charge in [0.1, 0.15) is 0 Å². The first kappa shape index (κ1) is 15.6. The molecule has 0 fully saturated rings. The Hall–Kier alpha value is -1.80. The molecule has 2 heteroatoms. The lowest BCUT2D eigenvalue weighted by Gasteiger charge is -2.28. The highest BCUT2D eigenvalue weighted by Crippen LogP contribution is 2.52.